The van der Waals surface area contributed by atoms with E-state index < -0.39 is 12.2 Å². The molecule has 0 radical (unpaired) electrons. The van der Waals surface area contributed by atoms with E-state index in [1.165, 1.54) is 12.1 Å². The van der Waals surface area contributed by atoms with Crippen molar-refractivity contribution in [2.75, 3.05) is 0 Å². The van der Waals surface area contributed by atoms with E-state index in [0.717, 1.165) is 5.56 Å². The zero-order valence-electron chi connectivity index (χ0n) is 13.4. The van der Waals surface area contributed by atoms with Gasteiger partial charge in [-0.1, -0.05) is 36.4 Å². The minimum Gasteiger partial charge on any atom is -0.417 e. The highest BCUT2D eigenvalue weighted by atomic mass is 19.3. The van der Waals surface area contributed by atoms with E-state index in [-0.39, 0.29) is 23.4 Å². The van der Waals surface area contributed by atoms with Gasteiger partial charge in [0.1, 0.15) is 5.69 Å². The number of pyridine rings is 1. The van der Waals surface area contributed by atoms with E-state index in [9.17, 15) is 8.78 Å². The monoisotopic (exact) mass is 346 g/mol. The van der Waals surface area contributed by atoms with Crippen LogP contribution in [0.3, 0.4) is 0 Å². The Morgan fingerprint density at radius 1 is 1.12 bits per heavy atom. The van der Waals surface area contributed by atoms with Gasteiger partial charge >= 0.3 is 6.61 Å². The number of rotatable bonds is 6. The molecule has 0 saturated heterocycles. The van der Waals surface area contributed by atoms with E-state index in [1.54, 1.807) is 13.0 Å². The van der Waals surface area contributed by atoms with Crippen molar-refractivity contribution in [1.82, 2.24) is 15.2 Å². The van der Waals surface area contributed by atoms with Gasteiger partial charge < -0.3 is 14.9 Å². The zero-order valence-corrected chi connectivity index (χ0v) is 13.4. The minimum absolute atomic E-state index is 0.0828. The van der Waals surface area contributed by atoms with Gasteiger partial charge in [0, 0.05) is 6.07 Å². The number of benzene rings is 1. The molecule has 0 fully saturated rings. The molecule has 3 aromatic rings. The highest BCUT2D eigenvalue weighted by molar-refractivity contribution is 5.47. The van der Waals surface area contributed by atoms with Gasteiger partial charge in [0.15, 0.2) is 0 Å². The fourth-order valence-corrected chi connectivity index (χ4v) is 2.34. The molecular formula is C17H16F2N4O2. The first-order valence-corrected chi connectivity index (χ1v) is 7.53. The molecule has 0 aliphatic heterocycles. The van der Waals surface area contributed by atoms with Crippen LogP contribution in [0.5, 0.6) is 5.88 Å². The number of nitrogens with zero attached hydrogens (tertiary/aromatic N) is 3. The maximum absolute atomic E-state index is 12.3. The standard InChI is InChI=1S/C17H16F2N4O2/c1-17(20,10-11-6-3-2-4-7-11)15-23-22-14(25-15)12-8-5-9-13(21-12)24-16(18)19/h2-9,16H,10,20H2,1H3/t17-/m1/s1. The molecule has 1 atom stereocenters. The topological polar surface area (TPSA) is 87.1 Å². The fraction of sp³-hybridized carbons (Fsp3) is 0.235. The number of alkyl halides is 2. The number of hydrogen-bond donors (Lipinski definition) is 1. The average Bonchev–Trinajstić information content (AvgIpc) is 3.06. The Labute approximate surface area is 142 Å². The lowest BCUT2D eigenvalue weighted by molar-refractivity contribution is -0.0527. The smallest absolute Gasteiger partial charge is 0.388 e. The predicted octanol–water partition coefficient (Wildman–Crippen LogP) is 3.15. The van der Waals surface area contributed by atoms with Crippen LogP contribution < -0.4 is 10.5 Å². The summed E-state index contributed by atoms with van der Waals surface area (Å²) in [6.07, 6.45) is 0.497. The third kappa shape index (κ3) is 4.16. The van der Waals surface area contributed by atoms with Crippen molar-refractivity contribution in [3.05, 3.63) is 60.0 Å². The van der Waals surface area contributed by atoms with E-state index in [1.807, 2.05) is 30.3 Å². The molecule has 130 valence electrons. The minimum atomic E-state index is -2.96. The molecule has 0 bridgehead atoms. The fourth-order valence-electron chi connectivity index (χ4n) is 2.34. The van der Waals surface area contributed by atoms with Crippen LogP contribution in [-0.4, -0.2) is 21.8 Å². The molecule has 0 aliphatic carbocycles. The van der Waals surface area contributed by atoms with Crippen molar-refractivity contribution >= 4 is 0 Å². The second-order valence-electron chi connectivity index (χ2n) is 5.73. The number of aromatic nitrogens is 3. The highest BCUT2D eigenvalue weighted by Gasteiger charge is 2.29. The van der Waals surface area contributed by atoms with Crippen LogP contribution in [0, 0.1) is 0 Å². The first kappa shape index (κ1) is 17.0. The molecule has 2 heterocycles. The van der Waals surface area contributed by atoms with Gasteiger partial charge in [0.25, 0.3) is 5.89 Å². The lowest BCUT2D eigenvalue weighted by atomic mass is 9.94. The van der Waals surface area contributed by atoms with Gasteiger partial charge in [-0.15, -0.1) is 10.2 Å². The molecule has 25 heavy (non-hydrogen) atoms. The SMILES string of the molecule is C[C@@](N)(Cc1ccccc1)c1nnc(-c2cccc(OC(F)F)n2)o1. The van der Waals surface area contributed by atoms with E-state index in [2.05, 4.69) is 19.9 Å². The Bertz CT molecular complexity index is 837. The van der Waals surface area contributed by atoms with Crippen LogP contribution in [0.2, 0.25) is 0 Å². The Hall–Kier alpha value is -2.87. The normalized spacial score (nSPS) is 13.6. The molecule has 8 heteroatoms. The summed E-state index contributed by atoms with van der Waals surface area (Å²) in [5.74, 6) is 0.0832. The highest BCUT2D eigenvalue weighted by Crippen LogP contribution is 2.25. The van der Waals surface area contributed by atoms with Crippen molar-refractivity contribution in [1.29, 1.82) is 0 Å². The van der Waals surface area contributed by atoms with Crippen LogP contribution in [0.1, 0.15) is 18.4 Å². The molecule has 1 aromatic carbocycles. The average molecular weight is 346 g/mol. The summed E-state index contributed by atoms with van der Waals surface area (Å²) in [4.78, 5) is 3.92. The number of ether oxygens (including phenoxy) is 1. The van der Waals surface area contributed by atoms with Crippen LogP contribution in [0.25, 0.3) is 11.6 Å². The molecule has 2 aromatic heterocycles. The molecule has 3 rings (SSSR count). The Morgan fingerprint density at radius 3 is 2.60 bits per heavy atom. The summed E-state index contributed by atoms with van der Waals surface area (Å²) in [6, 6.07) is 14.0. The van der Waals surface area contributed by atoms with Crippen LogP contribution in [0.15, 0.2) is 52.9 Å². The molecule has 2 N–H and O–H groups in total. The van der Waals surface area contributed by atoms with Crippen molar-refractivity contribution in [2.45, 2.75) is 25.5 Å². The molecule has 0 spiro atoms. The van der Waals surface area contributed by atoms with Gasteiger partial charge in [-0.3, -0.25) is 0 Å². The first-order chi connectivity index (χ1) is 11.9. The zero-order chi connectivity index (χ0) is 17.9. The van der Waals surface area contributed by atoms with Crippen molar-refractivity contribution in [2.24, 2.45) is 5.73 Å². The summed E-state index contributed by atoms with van der Waals surface area (Å²) in [5, 5.41) is 7.89. The predicted molar refractivity (Wildman–Crippen MR) is 85.8 cm³/mol. The Morgan fingerprint density at radius 2 is 1.88 bits per heavy atom. The maximum Gasteiger partial charge on any atom is 0.388 e. The number of hydrogen-bond acceptors (Lipinski definition) is 6. The summed E-state index contributed by atoms with van der Waals surface area (Å²) in [6.45, 7) is -1.18. The van der Waals surface area contributed by atoms with Gasteiger partial charge in [-0.05, 0) is 25.0 Å². The third-order valence-corrected chi connectivity index (χ3v) is 3.48. The number of halogens is 2. The summed E-state index contributed by atoms with van der Waals surface area (Å²) in [5.41, 5.74) is 6.69. The van der Waals surface area contributed by atoms with Crippen LogP contribution >= 0.6 is 0 Å². The first-order valence-electron chi connectivity index (χ1n) is 7.53. The number of nitrogens with two attached hydrogens (primary N) is 1. The quantitative estimate of drug-likeness (QED) is 0.738. The second kappa shape index (κ2) is 6.94. The van der Waals surface area contributed by atoms with E-state index in [0.29, 0.717) is 6.42 Å². The summed E-state index contributed by atoms with van der Waals surface area (Å²) in [7, 11) is 0. The maximum atomic E-state index is 12.3. The molecule has 0 saturated carbocycles. The van der Waals surface area contributed by atoms with Gasteiger partial charge in [0.2, 0.25) is 11.8 Å². The van der Waals surface area contributed by atoms with Crippen LogP contribution in [-0.2, 0) is 12.0 Å². The van der Waals surface area contributed by atoms with Gasteiger partial charge in [-0.25, -0.2) is 4.98 Å². The summed E-state index contributed by atoms with van der Waals surface area (Å²) < 4.78 is 34.5. The Kier molecular flexibility index (Phi) is 4.71. The van der Waals surface area contributed by atoms with E-state index >= 15 is 0 Å². The molecule has 0 unspecified atom stereocenters. The lowest BCUT2D eigenvalue weighted by Gasteiger charge is -2.20. The van der Waals surface area contributed by atoms with Crippen molar-refractivity contribution in [3.8, 4) is 17.5 Å². The Balaban J connectivity index is 1.82. The van der Waals surface area contributed by atoms with Crippen LogP contribution in [0.4, 0.5) is 8.78 Å². The largest absolute Gasteiger partial charge is 0.417 e. The molecule has 0 aliphatic rings. The summed E-state index contributed by atoms with van der Waals surface area (Å²) >= 11 is 0. The second-order valence-corrected chi connectivity index (χ2v) is 5.73. The lowest BCUT2D eigenvalue weighted by Crippen LogP contribution is -2.35. The third-order valence-electron chi connectivity index (χ3n) is 3.48. The molecule has 0 amide bonds. The van der Waals surface area contributed by atoms with E-state index in [4.69, 9.17) is 10.2 Å². The van der Waals surface area contributed by atoms with Gasteiger partial charge in [0.05, 0.1) is 5.54 Å². The molecule has 6 nitrogen and oxygen atoms in total. The molecular weight excluding hydrogens is 330 g/mol. The van der Waals surface area contributed by atoms with Crippen molar-refractivity contribution in [3.63, 3.8) is 0 Å². The van der Waals surface area contributed by atoms with Crippen molar-refractivity contribution < 1.29 is 17.9 Å². The van der Waals surface area contributed by atoms with Gasteiger partial charge in [-0.2, -0.15) is 8.78 Å².